The monoisotopic (exact) mass is 334 g/mol. The first-order valence-corrected chi connectivity index (χ1v) is 7.67. The van der Waals surface area contributed by atoms with Crippen LogP contribution >= 0.6 is 0 Å². The van der Waals surface area contributed by atoms with Crippen LogP contribution in [-0.4, -0.2) is 16.9 Å². The van der Waals surface area contributed by atoms with Crippen molar-refractivity contribution in [1.82, 2.24) is 4.90 Å². The van der Waals surface area contributed by atoms with Crippen LogP contribution in [0.15, 0.2) is 58.6 Å². The molecule has 0 aliphatic carbocycles. The van der Waals surface area contributed by atoms with Crippen LogP contribution in [0.4, 0.5) is 0 Å². The molecule has 0 N–H and O–H groups in total. The Balaban J connectivity index is 2.79. The van der Waals surface area contributed by atoms with E-state index in [1.54, 1.807) is 57.0 Å². The summed E-state index contributed by atoms with van der Waals surface area (Å²) in [5.74, 6) is 0. The molecule has 0 aromatic heterocycles. The Bertz CT molecular complexity index is 894. The summed E-state index contributed by atoms with van der Waals surface area (Å²) in [4.78, 5) is 12.8. The Morgan fingerprint density at radius 1 is 1.20 bits per heavy atom. The van der Waals surface area contributed by atoms with Crippen LogP contribution in [-0.2, 0) is 0 Å². The maximum Gasteiger partial charge on any atom is 0.294 e. The van der Waals surface area contributed by atoms with Crippen LogP contribution in [0.25, 0.3) is 6.08 Å². The molecule has 2 rings (SSSR count). The normalized spacial score (nSPS) is 17.2. The number of likely N-dealkylation sites (N-methyl/N-ethyl adjacent to an activating group) is 1. The van der Waals surface area contributed by atoms with E-state index in [1.807, 2.05) is 6.07 Å². The second kappa shape index (κ2) is 6.62. The van der Waals surface area contributed by atoms with Gasteiger partial charge in [0.1, 0.15) is 5.70 Å². The highest BCUT2D eigenvalue weighted by atomic mass is 16.6. The fourth-order valence-electron chi connectivity index (χ4n) is 3.00. The van der Waals surface area contributed by atoms with Gasteiger partial charge < -0.3 is 4.90 Å². The molecule has 0 amide bonds. The second-order valence-corrected chi connectivity index (χ2v) is 6.29. The molecular weight excluding hydrogens is 316 g/mol. The molecule has 0 saturated carbocycles. The summed E-state index contributed by atoms with van der Waals surface area (Å²) < 4.78 is 0. The summed E-state index contributed by atoms with van der Waals surface area (Å²) in [5.41, 5.74) is 1.04. The third kappa shape index (κ3) is 3.02. The summed E-state index contributed by atoms with van der Waals surface area (Å²) in [6, 6.07) is 13.1. The fourth-order valence-corrected chi connectivity index (χ4v) is 3.00. The number of allylic oxidation sites excluding steroid dienone is 3. The molecular formula is C19H18N4O2. The van der Waals surface area contributed by atoms with Crippen molar-refractivity contribution in [3.8, 4) is 12.1 Å². The Kier molecular flexibility index (Phi) is 4.76. The third-order valence-corrected chi connectivity index (χ3v) is 4.45. The van der Waals surface area contributed by atoms with E-state index in [2.05, 4.69) is 12.1 Å². The predicted octanol–water partition coefficient (Wildman–Crippen LogP) is 3.85. The molecule has 1 aliphatic heterocycles. The molecule has 0 saturated heterocycles. The molecule has 1 heterocycles. The largest absolute Gasteiger partial charge is 0.341 e. The summed E-state index contributed by atoms with van der Waals surface area (Å²) in [6.45, 7) is 5.20. The average molecular weight is 334 g/mol. The van der Waals surface area contributed by atoms with Gasteiger partial charge in [-0.3, -0.25) is 10.1 Å². The maximum absolute atomic E-state index is 11.8. The summed E-state index contributed by atoms with van der Waals surface area (Å²) in [7, 11) is 1.64. The zero-order valence-corrected chi connectivity index (χ0v) is 14.6. The van der Waals surface area contributed by atoms with Crippen LogP contribution in [0.1, 0.15) is 26.3 Å². The van der Waals surface area contributed by atoms with Crippen LogP contribution in [0.5, 0.6) is 0 Å². The topological polar surface area (TPSA) is 94.0 Å². The van der Waals surface area contributed by atoms with Crippen molar-refractivity contribution in [3.05, 3.63) is 74.2 Å². The molecule has 0 radical (unpaired) electrons. The van der Waals surface area contributed by atoms with Gasteiger partial charge in [-0.25, -0.2) is 0 Å². The van der Waals surface area contributed by atoms with Crippen molar-refractivity contribution in [1.29, 1.82) is 10.5 Å². The standard InChI is InChI=1S/C19H18N4O2/c1-13-15(11-20)19(2,3)16(12-21)18(22(13)4)17(23(24)25)10-14-8-6-5-7-9-14/h5-10H,1-4H3. The smallest absolute Gasteiger partial charge is 0.294 e. The molecule has 1 aliphatic rings. The Hall–Kier alpha value is -3.38. The zero-order chi connectivity index (χ0) is 18.8. The highest BCUT2D eigenvalue weighted by Gasteiger charge is 2.42. The molecule has 126 valence electrons. The van der Waals surface area contributed by atoms with E-state index in [9.17, 15) is 20.6 Å². The van der Waals surface area contributed by atoms with E-state index < -0.39 is 10.3 Å². The number of nitrogens with zero attached hydrogens (tertiary/aromatic N) is 4. The number of hydrogen-bond donors (Lipinski definition) is 0. The molecule has 6 heteroatoms. The van der Waals surface area contributed by atoms with Crippen molar-refractivity contribution >= 4 is 6.08 Å². The van der Waals surface area contributed by atoms with Gasteiger partial charge in [0, 0.05) is 24.2 Å². The van der Waals surface area contributed by atoms with Crippen LogP contribution < -0.4 is 0 Å². The first-order valence-electron chi connectivity index (χ1n) is 7.67. The van der Waals surface area contributed by atoms with Crippen molar-refractivity contribution in [2.24, 2.45) is 5.41 Å². The minimum Gasteiger partial charge on any atom is -0.341 e. The highest BCUT2D eigenvalue weighted by molar-refractivity contribution is 5.61. The first-order chi connectivity index (χ1) is 11.8. The van der Waals surface area contributed by atoms with Crippen LogP contribution in [0.3, 0.4) is 0 Å². The Morgan fingerprint density at radius 3 is 2.24 bits per heavy atom. The minimum absolute atomic E-state index is 0.172. The van der Waals surface area contributed by atoms with E-state index >= 15 is 0 Å². The molecule has 0 bridgehead atoms. The third-order valence-electron chi connectivity index (χ3n) is 4.45. The first kappa shape index (κ1) is 18.0. The molecule has 25 heavy (non-hydrogen) atoms. The molecule has 0 spiro atoms. The lowest BCUT2D eigenvalue weighted by Gasteiger charge is -2.37. The number of rotatable bonds is 3. The van der Waals surface area contributed by atoms with Crippen molar-refractivity contribution < 1.29 is 4.92 Å². The lowest BCUT2D eigenvalue weighted by molar-refractivity contribution is -0.420. The number of hydrogen-bond acceptors (Lipinski definition) is 5. The van der Waals surface area contributed by atoms with Gasteiger partial charge in [0.15, 0.2) is 0 Å². The van der Waals surface area contributed by atoms with Gasteiger partial charge in [-0.05, 0) is 12.5 Å². The molecule has 1 aromatic carbocycles. The van der Waals surface area contributed by atoms with Crippen LogP contribution in [0.2, 0.25) is 0 Å². The van der Waals surface area contributed by atoms with E-state index in [4.69, 9.17) is 0 Å². The van der Waals surface area contributed by atoms with Gasteiger partial charge in [-0.1, -0.05) is 44.2 Å². The van der Waals surface area contributed by atoms with Crippen LogP contribution in [0, 0.1) is 38.2 Å². The number of nitro groups is 1. The van der Waals surface area contributed by atoms with E-state index in [1.165, 1.54) is 6.08 Å². The van der Waals surface area contributed by atoms with Gasteiger partial charge in [0.05, 0.1) is 28.2 Å². The summed E-state index contributed by atoms with van der Waals surface area (Å²) in [6.07, 6.45) is 1.45. The minimum atomic E-state index is -0.902. The second-order valence-electron chi connectivity index (χ2n) is 6.29. The lowest BCUT2D eigenvalue weighted by atomic mass is 9.73. The molecule has 0 atom stereocenters. The van der Waals surface area contributed by atoms with E-state index in [0.29, 0.717) is 16.8 Å². The Morgan fingerprint density at radius 2 is 1.76 bits per heavy atom. The van der Waals surface area contributed by atoms with Gasteiger partial charge in [-0.2, -0.15) is 10.5 Å². The maximum atomic E-state index is 11.8. The fraction of sp³-hybridized carbons (Fsp3) is 0.263. The molecule has 1 aromatic rings. The highest BCUT2D eigenvalue weighted by Crippen LogP contribution is 2.45. The van der Waals surface area contributed by atoms with Crippen molar-refractivity contribution in [2.75, 3.05) is 7.05 Å². The molecule has 0 unspecified atom stereocenters. The SMILES string of the molecule is CC1=C(C#N)C(C)(C)C(C#N)=C(C(=Cc2ccccc2)[N+](=O)[O-])N1C. The summed E-state index contributed by atoms with van der Waals surface area (Å²) >= 11 is 0. The van der Waals surface area contributed by atoms with E-state index in [0.717, 1.165) is 0 Å². The van der Waals surface area contributed by atoms with Gasteiger partial charge in [-0.15, -0.1) is 0 Å². The van der Waals surface area contributed by atoms with Gasteiger partial charge >= 0.3 is 0 Å². The lowest BCUT2D eigenvalue weighted by Crippen LogP contribution is -2.34. The molecule has 0 fully saturated rings. The Labute approximate surface area is 146 Å². The quantitative estimate of drug-likeness (QED) is 0.618. The predicted molar refractivity (Wildman–Crippen MR) is 93.9 cm³/mol. The van der Waals surface area contributed by atoms with Crippen molar-refractivity contribution in [3.63, 3.8) is 0 Å². The summed E-state index contributed by atoms with van der Waals surface area (Å²) in [5, 5.41) is 30.9. The number of nitriles is 2. The van der Waals surface area contributed by atoms with E-state index in [-0.39, 0.29) is 17.0 Å². The number of benzene rings is 1. The average Bonchev–Trinajstić information content (AvgIpc) is 2.57. The molecule has 6 nitrogen and oxygen atoms in total. The van der Waals surface area contributed by atoms with Gasteiger partial charge in [0.25, 0.3) is 5.70 Å². The van der Waals surface area contributed by atoms with Gasteiger partial charge in [0.2, 0.25) is 0 Å². The van der Waals surface area contributed by atoms with Crippen molar-refractivity contribution in [2.45, 2.75) is 20.8 Å². The zero-order valence-electron chi connectivity index (χ0n) is 14.6.